The first-order valence-electron chi connectivity index (χ1n) is 7.33. The standard InChI is InChI=1S/C15H18ClN5O/c1-10-2-3-13(12(16)8-10)18-15(22)14-9-21(20-19-14)11-4-6-17-7-5-11/h2-3,8-9,11,17H,4-7H2,1H3,(H,18,22). The predicted octanol–water partition coefficient (Wildman–Crippen LogP) is 2.42. The lowest BCUT2D eigenvalue weighted by atomic mass is 10.1. The van der Waals surface area contributed by atoms with Crippen molar-refractivity contribution in [3.63, 3.8) is 0 Å². The van der Waals surface area contributed by atoms with Crippen molar-refractivity contribution in [1.82, 2.24) is 20.3 Å². The summed E-state index contributed by atoms with van der Waals surface area (Å²) in [6.45, 7) is 3.87. The minimum atomic E-state index is -0.300. The number of nitrogens with zero attached hydrogens (tertiary/aromatic N) is 3. The molecular formula is C15H18ClN5O. The van der Waals surface area contributed by atoms with E-state index in [9.17, 15) is 4.79 Å². The molecule has 1 saturated heterocycles. The third kappa shape index (κ3) is 3.28. The number of nitrogens with one attached hydrogen (secondary N) is 2. The van der Waals surface area contributed by atoms with Gasteiger partial charge < -0.3 is 10.6 Å². The second kappa shape index (κ2) is 6.46. The van der Waals surface area contributed by atoms with Crippen LogP contribution in [0.25, 0.3) is 0 Å². The van der Waals surface area contributed by atoms with Crippen LogP contribution in [0.4, 0.5) is 5.69 Å². The van der Waals surface area contributed by atoms with Crippen molar-refractivity contribution >= 4 is 23.2 Å². The Hall–Kier alpha value is -1.92. The molecule has 2 aromatic rings. The van der Waals surface area contributed by atoms with Crippen LogP contribution in [0.1, 0.15) is 34.9 Å². The van der Waals surface area contributed by atoms with Crippen molar-refractivity contribution in [1.29, 1.82) is 0 Å². The number of carbonyl (C=O) groups is 1. The Labute approximate surface area is 133 Å². The smallest absolute Gasteiger partial charge is 0.277 e. The summed E-state index contributed by atoms with van der Waals surface area (Å²) in [5.74, 6) is -0.300. The molecule has 1 amide bonds. The van der Waals surface area contributed by atoms with E-state index >= 15 is 0 Å². The molecule has 2 N–H and O–H groups in total. The molecule has 6 nitrogen and oxygen atoms in total. The summed E-state index contributed by atoms with van der Waals surface area (Å²) >= 11 is 6.13. The van der Waals surface area contributed by atoms with Crippen LogP contribution >= 0.6 is 11.6 Å². The molecular weight excluding hydrogens is 302 g/mol. The van der Waals surface area contributed by atoms with Crippen LogP contribution in [0.2, 0.25) is 5.02 Å². The topological polar surface area (TPSA) is 71.8 Å². The highest BCUT2D eigenvalue weighted by atomic mass is 35.5. The van der Waals surface area contributed by atoms with Crippen molar-refractivity contribution in [3.05, 3.63) is 40.7 Å². The number of aromatic nitrogens is 3. The van der Waals surface area contributed by atoms with Crippen molar-refractivity contribution in [3.8, 4) is 0 Å². The van der Waals surface area contributed by atoms with Gasteiger partial charge in [-0.1, -0.05) is 22.9 Å². The van der Waals surface area contributed by atoms with Gasteiger partial charge in [0.2, 0.25) is 0 Å². The molecule has 0 spiro atoms. The van der Waals surface area contributed by atoms with E-state index in [2.05, 4.69) is 20.9 Å². The number of rotatable bonds is 3. The number of anilines is 1. The number of carbonyl (C=O) groups excluding carboxylic acids is 1. The third-order valence-electron chi connectivity index (χ3n) is 3.80. The summed E-state index contributed by atoms with van der Waals surface area (Å²) in [7, 11) is 0. The fourth-order valence-electron chi connectivity index (χ4n) is 2.54. The number of benzene rings is 1. The number of piperidine rings is 1. The van der Waals surface area contributed by atoms with E-state index in [1.165, 1.54) is 0 Å². The summed E-state index contributed by atoms with van der Waals surface area (Å²) in [6.07, 6.45) is 3.69. The van der Waals surface area contributed by atoms with Gasteiger partial charge in [-0.25, -0.2) is 4.68 Å². The molecule has 22 heavy (non-hydrogen) atoms. The molecule has 116 valence electrons. The monoisotopic (exact) mass is 319 g/mol. The first-order chi connectivity index (χ1) is 10.6. The number of halogens is 1. The van der Waals surface area contributed by atoms with Crippen molar-refractivity contribution < 1.29 is 4.79 Å². The van der Waals surface area contributed by atoms with Gasteiger partial charge in [0.15, 0.2) is 5.69 Å². The molecule has 1 aromatic carbocycles. The zero-order valence-corrected chi connectivity index (χ0v) is 13.1. The van der Waals surface area contributed by atoms with Gasteiger partial charge in [-0.2, -0.15) is 0 Å². The van der Waals surface area contributed by atoms with E-state index in [0.717, 1.165) is 31.5 Å². The Balaban J connectivity index is 1.71. The largest absolute Gasteiger partial charge is 0.319 e. The summed E-state index contributed by atoms with van der Waals surface area (Å²) < 4.78 is 1.78. The van der Waals surface area contributed by atoms with Gasteiger partial charge in [0.05, 0.1) is 22.9 Å². The first-order valence-corrected chi connectivity index (χ1v) is 7.71. The molecule has 1 aliphatic rings. The maximum atomic E-state index is 12.2. The molecule has 3 rings (SSSR count). The number of hydrogen-bond donors (Lipinski definition) is 2. The molecule has 0 radical (unpaired) electrons. The van der Waals surface area contributed by atoms with Gasteiger partial charge >= 0.3 is 0 Å². The zero-order chi connectivity index (χ0) is 15.5. The molecule has 7 heteroatoms. The molecule has 2 heterocycles. The SMILES string of the molecule is Cc1ccc(NC(=O)c2cn(C3CCNCC3)nn2)c(Cl)c1. The van der Waals surface area contributed by atoms with E-state index < -0.39 is 0 Å². The van der Waals surface area contributed by atoms with Gasteiger partial charge in [-0.05, 0) is 50.6 Å². The van der Waals surface area contributed by atoms with Crippen molar-refractivity contribution in [2.45, 2.75) is 25.8 Å². The molecule has 0 saturated carbocycles. The Morgan fingerprint density at radius 2 is 2.18 bits per heavy atom. The van der Waals surface area contributed by atoms with Crippen LogP contribution in [-0.4, -0.2) is 34.0 Å². The Bertz CT molecular complexity index is 678. The highest BCUT2D eigenvalue weighted by molar-refractivity contribution is 6.34. The molecule has 0 atom stereocenters. The molecule has 1 fully saturated rings. The van der Waals surface area contributed by atoms with Crippen LogP contribution in [0.3, 0.4) is 0 Å². The molecule has 0 bridgehead atoms. The number of amides is 1. The third-order valence-corrected chi connectivity index (χ3v) is 4.11. The first kappa shape index (κ1) is 15.0. The van der Waals surface area contributed by atoms with Crippen LogP contribution in [0.5, 0.6) is 0 Å². The Kier molecular flexibility index (Phi) is 4.40. The lowest BCUT2D eigenvalue weighted by Crippen LogP contribution is -2.29. The molecule has 0 aliphatic carbocycles. The van der Waals surface area contributed by atoms with Gasteiger partial charge in [0.25, 0.3) is 5.91 Å². The van der Waals surface area contributed by atoms with E-state index in [1.807, 2.05) is 19.1 Å². The van der Waals surface area contributed by atoms with Crippen LogP contribution in [-0.2, 0) is 0 Å². The fraction of sp³-hybridized carbons (Fsp3) is 0.400. The quantitative estimate of drug-likeness (QED) is 0.911. The minimum absolute atomic E-state index is 0.300. The highest BCUT2D eigenvalue weighted by Crippen LogP contribution is 2.23. The lowest BCUT2D eigenvalue weighted by Gasteiger charge is -2.22. The second-order valence-electron chi connectivity index (χ2n) is 5.50. The Morgan fingerprint density at radius 3 is 2.91 bits per heavy atom. The predicted molar refractivity (Wildman–Crippen MR) is 85.3 cm³/mol. The van der Waals surface area contributed by atoms with E-state index in [-0.39, 0.29) is 5.91 Å². The van der Waals surface area contributed by atoms with Gasteiger partial charge in [0, 0.05) is 0 Å². The zero-order valence-electron chi connectivity index (χ0n) is 12.3. The maximum absolute atomic E-state index is 12.2. The molecule has 1 aliphatic heterocycles. The summed E-state index contributed by atoms with van der Waals surface area (Å²) in [5, 5.41) is 14.6. The summed E-state index contributed by atoms with van der Waals surface area (Å²) in [5.41, 5.74) is 1.92. The Morgan fingerprint density at radius 1 is 1.41 bits per heavy atom. The highest BCUT2D eigenvalue weighted by Gasteiger charge is 2.19. The van der Waals surface area contributed by atoms with Crippen LogP contribution in [0.15, 0.2) is 24.4 Å². The summed E-state index contributed by atoms with van der Waals surface area (Å²) in [4.78, 5) is 12.2. The van der Waals surface area contributed by atoms with Gasteiger partial charge in [-0.15, -0.1) is 5.10 Å². The van der Waals surface area contributed by atoms with E-state index in [1.54, 1.807) is 16.9 Å². The second-order valence-corrected chi connectivity index (χ2v) is 5.91. The minimum Gasteiger partial charge on any atom is -0.319 e. The molecule has 0 unspecified atom stereocenters. The van der Waals surface area contributed by atoms with Gasteiger partial charge in [-0.3, -0.25) is 4.79 Å². The molecule has 1 aromatic heterocycles. The average Bonchev–Trinajstić information content (AvgIpc) is 3.01. The lowest BCUT2D eigenvalue weighted by molar-refractivity contribution is 0.102. The summed E-state index contributed by atoms with van der Waals surface area (Å²) in [6, 6.07) is 5.79. The average molecular weight is 320 g/mol. The van der Waals surface area contributed by atoms with E-state index in [0.29, 0.717) is 22.4 Å². The number of aryl methyl sites for hydroxylation is 1. The fourth-order valence-corrected chi connectivity index (χ4v) is 2.82. The van der Waals surface area contributed by atoms with E-state index in [4.69, 9.17) is 11.6 Å². The van der Waals surface area contributed by atoms with Crippen LogP contribution < -0.4 is 10.6 Å². The van der Waals surface area contributed by atoms with Crippen molar-refractivity contribution in [2.75, 3.05) is 18.4 Å². The maximum Gasteiger partial charge on any atom is 0.277 e. The van der Waals surface area contributed by atoms with Gasteiger partial charge in [0.1, 0.15) is 0 Å². The number of hydrogen-bond acceptors (Lipinski definition) is 4. The van der Waals surface area contributed by atoms with Crippen molar-refractivity contribution in [2.24, 2.45) is 0 Å². The normalized spacial score (nSPS) is 15.7. The van der Waals surface area contributed by atoms with Crippen LogP contribution in [0, 0.1) is 6.92 Å².